The lowest BCUT2D eigenvalue weighted by atomic mass is 9.90. The number of carbonyl (C=O) groups excluding carboxylic acids is 7. The van der Waals surface area contributed by atoms with Crippen molar-refractivity contribution in [1.82, 2.24) is 42.5 Å². The summed E-state index contributed by atoms with van der Waals surface area (Å²) in [6.07, 6.45) is -0.349. The average Bonchev–Trinajstić information content (AvgIpc) is 1.61. The number of aromatic hydroxyl groups is 1. The molecule has 0 aliphatic heterocycles. The summed E-state index contributed by atoms with van der Waals surface area (Å²) in [7, 11) is 0. The van der Waals surface area contributed by atoms with Crippen LogP contribution in [-0.4, -0.2) is 130 Å². The molecule has 0 saturated heterocycles. The number of nitrogens with one attached hydrogen (secondary N) is 11. The van der Waals surface area contributed by atoms with Crippen molar-refractivity contribution in [2.24, 2.45) is 10.7 Å². The van der Waals surface area contributed by atoms with E-state index in [1.165, 1.54) is 12.1 Å². The van der Waals surface area contributed by atoms with E-state index in [0.717, 1.165) is 33.5 Å². The molecule has 6 aromatic carbocycles. The van der Waals surface area contributed by atoms with E-state index in [1.807, 2.05) is 103 Å². The topological polar surface area (TPSA) is 363 Å². The number of guanidine groups is 1. The highest BCUT2D eigenvalue weighted by atomic mass is 16.6. The average molecular weight is 1230 g/mol. The summed E-state index contributed by atoms with van der Waals surface area (Å²) in [6.45, 7) is 7.90. The fraction of sp³-hybridized carbons (Fsp3) is 0.354. The Morgan fingerprint density at radius 3 is 1.82 bits per heavy atom. The van der Waals surface area contributed by atoms with Crippen LogP contribution in [0.4, 0.5) is 31.4 Å². The molecule has 0 saturated carbocycles. The molecular formula is C65H79N13O12. The Kier molecular flexibility index (Phi) is 24.6. The summed E-state index contributed by atoms with van der Waals surface area (Å²) >= 11 is 0. The molecular weight excluding hydrogens is 1150 g/mol. The summed E-state index contributed by atoms with van der Waals surface area (Å²) < 4.78 is 11.0. The number of benzene rings is 5. The zero-order valence-electron chi connectivity index (χ0n) is 50.8. The first-order valence-corrected chi connectivity index (χ1v) is 29.8. The quantitative estimate of drug-likeness (QED) is 0.0121. The summed E-state index contributed by atoms with van der Waals surface area (Å²) in [5, 5.41) is 40.7. The third-order valence-corrected chi connectivity index (χ3v) is 14.3. The van der Waals surface area contributed by atoms with Crippen LogP contribution in [0.3, 0.4) is 0 Å². The molecule has 25 nitrogen and oxygen atoms in total. The number of urea groups is 1. The lowest BCUT2D eigenvalue weighted by molar-refractivity contribution is -0.129. The molecule has 1 unspecified atom stereocenters. The highest BCUT2D eigenvalue weighted by Crippen LogP contribution is 2.44. The SMILES string of the molecule is CCC(=O)NCCNC(=O)/N=C(/N)NCCC[C@@H](NC(=O)C(c1ccccc1)c1ccc(NCCCNc2c(NCCNC(=O)[C@@H](CNC(=O)OCC3c4ccccc4-c4ccccc43)NC(=O)OC(C)(C)C)c(=O)c2=O)cc1)C(=O)NCc1ccc(O)cc1. The second kappa shape index (κ2) is 33.0. The zero-order chi connectivity index (χ0) is 64.6. The number of anilines is 3. The van der Waals surface area contributed by atoms with Crippen molar-refractivity contribution in [2.75, 3.05) is 74.9 Å². The summed E-state index contributed by atoms with van der Waals surface area (Å²) in [4.78, 5) is 120. The third kappa shape index (κ3) is 20.0. The molecule has 1 aliphatic carbocycles. The molecule has 0 bridgehead atoms. The van der Waals surface area contributed by atoms with Gasteiger partial charge < -0.3 is 78.8 Å². The predicted octanol–water partition coefficient (Wildman–Crippen LogP) is 4.72. The molecule has 476 valence electrons. The smallest absolute Gasteiger partial charge is 0.408 e. The van der Waals surface area contributed by atoms with E-state index < -0.39 is 70.4 Å². The number of carbonyl (C=O) groups is 7. The largest absolute Gasteiger partial charge is 0.508 e. The summed E-state index contributed by atoms with van der Waals surface area (Å²) in [5.41, 5.74) is 10.8. The molecule has 6 aromatic rings. The van der Waals surface area contributed by atoms with E-state index in [0.29, 0.717) is 43.5 Å². The van der Waals surface area contributed by atoms with E-state index in [-0.39, 0.29) is 93.7 Å². The van der Waals surface area contributed by atoms with E-state index >= 15 is 0 Å². The standard InChI is InChI=1S/C65H79N13O12/c1-5-52(80)68-33-36-73-62(86)78-61(66)72-30-13-21-50(58(83)74-37-40-22-28-44(79)29-23-40)76-60(85)53(41-15-7-6-8-16-41)42-24-26-43(27-25-42)67-31-14-32-69-54-55(57(82)56(54)81)70-34-35-71-59(84)51(77-64(88)90-65(2,3)4)38-75-63(87)89-39-49-47-19-11-9-17-45(47)46-18-10-12-20-48(46)49/h6-12,15-20,22-29,49-51,53,67,69-70,79H,5,13-14,21,30-39H2,1-4H3,(H,68,80)(H,71,84)(H,74,83)(H,75,87)(H,76,85)(H,77,88)(H4,66,72,73,78,86)/t50-,51-,53?/m1/s1. The maximum Gasteiger partial charge on any atom is 0.408 e. The molecule has 8 amide bonds. The van der Waals surface area contributed by atoms with Crippen molar-refractivity contribution in [3.63, 3.8) is 0 Å². The minimum absolute atomic E-state index is 0.0321. The fourth-order valence-electron chi connectivity index (χ4n) is 9.85. The Labute approximate surface area is 521 Å². The Hall–Kier alpha value is -10.5. The van der Waals surface area contributed by atoms with Gasteiger partial charge in [-0.3, -0.25) is 28.8 Å². The van der Waals surface area contributed by atoms with Gasteiger partial charge in [-0.2, -0.15) is 4.99 Å². The molecule has 0 spiro atoms. The Morgan fingerprint density at radius 2 is 1.17 bits per heavy atom. The molecule has 0 fully saturated rings. The Balaban J connectivity index is 0.876. The number of hydrogen-bond acceptors (Lipinski definition) is 15. The van der Waals surface area contributed by atoms with Gasteiger partial charge in [0.15, 0.2) is 5.96 Å². The first-order valence-electron chi connectivity index (χ1n) is 29.8. The number of ether oxygens (including phenoxy) is 2. The molecule has 14 N–H and O–H groups in total. The van der Waals surface area contributed by atoms with E-state index in [1.54, 1.807) is 39.8 Å². The first kappa shape index (κ1) is 67.1. The minimum Gasteiger partial charge on any atom is -0.508 e. The molecule has 1 aliphatic rings. The van der Waals surface area contributed by atoms with Crippen molar-refractivity contribution in [2.45, 2.75) is 89.4 Å². The van der Waals surface area contributed by atoms with Crippen molar-refractivity contribution >= 4 is 64.9 Å². The number of phenolic OH excluding ortho intramolecular Hbond substituents is 1. The molecule has 0 heterocycles. The predicted molar refractivity (Wildman–Crippen MR) is 343 cm³/mol. The van der Waals surface area contributed by atoms with Gasteiger partial charge in [0.25, 0.3) is 10.9 Å². The minimum atomic E-state index is -1.28. The number of rotatable bonds is 31. The van der Waals surface area contributed by atoms with Crippen LogP contribution in [0.25, 0.3) is 11.1 Å². The van der Waals surface area contributed by atoms with Crippen molar-refractivity contribution < 1.29 is 48.1 Å². The molecule has 3 atom stereocenters. The van der Waals surface area contributed by atoms with Gasteiger partial charge in [0.05, 0.1) is 12.5 Å². The number of amides is 8. The number of fused-ring (bicyclic) bond motifs is 3. The lowest BCUT2D eigenvalue weighted by Crippen LogP contribution is -2.54. The van der Waals surface area contributed by atoms with Crippen LogP contribution in [0.5, 0.6) is 5.75 Å². The van der Waals surface area contributed by atoms with Crippen molar-refractivity contribution in [3.8, 4) is 16.9 Å². The maximum absolute atomic E-state index is 14.4. The van der Waals surface area contributed by atoms with Crippen LogP contribution in [0.2, 0.25) is 0 Å². The van der Waals surface area contributed by atoms with Crippen LogP contribution < -0.4 is 75.1 Å². The van der Waals surface area contributed by atoms with Gasteiger partial charge in [0, 0.05) is 70.4 Å². The highest BCUT2D eigenvalue weighted by Gasteiger charge is 2.32. The summed E-state index contributed by atoms with van der Waals surface area (Å²) in [6, 6.07) is 35.6. The van der Waals surface area contributed by atoms with Gasteiger partial charge in [-0.1, -0.05) is 110 Å². The molecule has 7 rings (SSSR count). The Bertz CT molecular complexity index is 3490. The normalized spacial score (nSPS) is 12.8. The third-order valence-electron chi connectivity index (χ3n) is 14.3. The van der Waals surface area contributed by atoms with Gasteiger partial charge in [0.2, 0.25) is 23.6 Å². The highest BCUT2D eigenvalue weighted by molar-refractivity contribution is 5.93. The second-order valence-corrected chi connectivity index (χ2v) is 22.2. The van der Waals surface area contributed by atoms with Gasteiger partial charge in [0.1, 0.15) is 41.4 Å². The fourth-order valence-corrected chi connectivity index (χ4v) is 9.85. The van der Waals surface area contributed by atoms with Crippen molar-refractivity contribution in [3.05, 3.63) is 176 Å². The van der Waals surface area contributed by atoms with Crippen molar-refractivity contribution in [1.29, 1.82) is 0 Å². The number of hydrogen-bond donors (Lipinski definition) is 13. The van der Waals surface area contributed by atoms with Gasteiger partial charge >= 0.3 is 18.2 Å². The molecule has 90 heavy (non-hydrogen) atoms. The second-order valence-electron chi connectivity index (χ2n) is 22.2. The van der Waals surface area contributed by atoms with Gasteiger partial charge in [-0.25, -0.2) is 14.4 Å². The van der Waals surface area contributed by atoms with E-state index in [9.17, 15) is 48.3 Å². The van der Waals surface area contributed by atoms with Crippen LogP contribution in [-0.2, 0) is 35.2 Å². The molecule has 25 heteroatoms. The molecule has 0 aromatic heterocycles. The van der Waals surface area contributed by atoms with Crippen LogP contribution in [0.1, 0.15) is 93.0 Å². The van der Waals surface area contributed by atoms with Gasteiger partial charge in [-0.15, -0.1) is 0 Å². The zero-order valence-corrected chi connectivity index (χ0v) is 50.8. The van der Waals surface area contributed by atoms with Gasteiger partial charge in [-0.05, 0) is 103 Å². The summed E-state index contributed by atoms with van der Waals surface area (Å²) in [5.74, 6) is -2.80. The van der Waals surface area contributed by atoms with Crippen LogP contribution in [0.15, 0.2) is 142 Å². The molecule has 0 radical (unpaired) electrons. The number of phenols is 1. The maximum atomic E-state index is 14.4. The number of alkyl carbamates (subject to hydrolysis) is 2. The number of aliphatic imine (C=N–C) groups is 1. The van der Waals surface area contributed by atoms with E-state index in [4.69, 9.17) is 15.2 Å². The number of nitrogens with two attached hydrogens (primary N) is 1. The Morgan fingerprint density at radius 1 is 0.578 bits per heavy atom. The van der Waals surface area contributed by atoms with Crippen LogP contribution in [0, 0.1) is 0 Å². The lowest BCUT2D eigenvalue weighted by Gasteiger charge is -2.24. The monoisotopic (exact) mass is 1230 g/mol. The van der Waals surface area contributed by atoms with Crippen LogP contribution >= 0.6 is 0 Å². The number of nitrogens with zero attached hydrogens (tertiary/aromatic N) is 1. The van der Waals surface area contributed by atoms with E-state index in [2.05, 4.69) is 63.5 Å². The first-order chi connectivity index (χ1) is 43.3.